The van der Waals surface area contributed by atoms with Crippen molar-refractivity contribution in [3.63, 3.8) is 0 Å². The molecule has 2 atom stereocenters. The Bertz CT molecular complexity index is 1670. The largest absolute Gasteiger partial charge is 0.481 e. The van der Waals surface area contributed by atoms with Gasteiger partial charge in [0, 0.05) is 73.3 Å². The number of benzene rings is 1. The van der Waals surface area contributed by atoms with Crippen LogP contribution in [0.2, 0.25) is 5.02 Å². The first-order valence-electron chi connectivity index (χ1n) is 14.8. The molecule has 1 aliphatic rings. The molecule has 4 aromatic rings. The van der Waals surface area contributed by atoms with Crippen molar-refractivity contribution >= 4 is 29.0 Å². The maximum Gasteiger partial charge on any atom is 0.220 e. The summed E-state index contributed by atoms with van der Waals surface area (Å²) in [6, 6.07) is 13.0. The molecule has 5 rings (SSSR count). The van der Waals surface area contributed by atoms with Gasteiger partial charge >= 0.3 is 0 Å². The van der Waals surface area contributed by atoms with Crippen LogP contribution in [0.3, 0.4) is 0 Å². The average molecular weight is 634 g/mol. The minimum atomic E-state index is -0.539. The van der Waals surface area contributed by atoms with E-state index < -0.39 is 11.9 Å². The highest BCUT2D eigenvalue weighted by Crippen LogP contribution is 2.38. The van der Waals surface area contributed by atoms with Gasteiger partial charge in [-0.25, -0.2) is 14.4 Å². The number of aliphatic hydroxyl groups is 1. The van der Waals surface area contributed by atoms with E-state index in [-0.39, 0.29) is 24.3 Å². The molecule has 1 saturated heterocycles. The van der Waals surface area contributed by atoms with Crippen molar-refractivity contribution in [1.29, 1.82) is 0 Å². The Kier molecular flexibility index (Phi) is 10.6. The summed E-state index contributed by atoms with van der Waals surface area (Å²) >= 11 is 6.89. The molecule has 12 heteroatoms. The lowest BCUT2D eigenvalue weighted by Gasteiger charge is -2.16. The molecule has 236 valence electrons. The Morgan fingerprint density at radius 2 is 1.89 bits per heavy atom. The Hall–Kier alpha value is -4.16. The number of ether oxygens (including phenoxy) is 1. The van der Waals surface area contributed by atoms with Crippen molar-refractivity contribution in [3.8, 4) is 28.4 Å². The van der Waals surface area contributed by atoms with Gasteiger partial charge in [-0.3, -0.25) is 9.78 Å². The lowest BCUT2D eigenvalue weighted by atomic mass is 9.99. The van der Waals surface area contributed by atoms with Gasteiger partial charge in [-0.05, 0) is 50.1 Å². The number of aliphatic hydroxyl groups excluding tert-OH is 1. The van der Waals surface area contributed by atoms with Crippen LogP contribution in [0, 0.1) is 12.7 Å². The molecule has 1 amide bonds. The average Bonchev–Trinajstić information content (AvgIpc) is 3.45. The summed E-state index contributed by atoms with van der Waals surface area (Å²) in [6.07, 6.45) is 4.09. The van der Waals surface area contributed by atoms with E-state index in [1.807, 2.05) is 37.3 Å². The monoisotopic (exact) mass is 633 g/mol. The molecule has 10 nitrogen and oxygen atoms in total. The maximum atomic E-state index is 15.3. The molecule has 1 aliphatic heterocycles. The summed E-state index contributed by atoms with van der Waals surface area (Å²) in [5.74, 6) is 0.145. The number of amides is 1. The minimum absolute atomic E-state index is 0.0442. The van der Waals surface area contributed by atoms with Gasteiger partial charge in [-0.2, -0.15) is 0 Å². The van der Waals surface area contributed by atoms with Crippen molar-refractivity contribution in [3.05, 3.63) is 82.4 Å². The molecule has 0 bridgehead atoms. The van der Waals surface area contributed by atoms with Crippen LogP contribution >= 0.6 is 11.6 Å². The molecule has 3 aromatic heterocycles. The van der Waals surface area contributed by atoms with Crippen LogP contribution in [0.5, 0.6) is 5.88 Å². The number of hydrogen-bond donors (Lipinski definition) is 5. The zero-order valence-electron chi connectivity index (χ0n) is 25.5. The molecular weight excluding hydrogens is 597 g/mol. The van der Waals surface area contributed by atoms with Gasteiger partial charge in [-0.1, -0.05) is 29.8 Å². The van der Waals surface area contributed by atoms with Gasteiger partial charge < -0.3 is 31.1 Å². The summed E-state index contributed by atoms with van der Waals surface area (Å²) in [7, 11) is 1.59. The lowest BCUT2D eigenvalue weighted by Crippen LogP contribution is -2.35. The topological polar surface area (TPSA) is 133 Å². The number of aromatic nitrogens is 3. The normalized spacial score (nSPS) is 15.2. The van der Waals surface area contributed by atoms with E-state index in [4.69, 9.17) is 21.3 Å². The predicted octanol–water partition coefficient (Wildman–Crippen LogP) is 4.90. The summed E-state index contributed by atoms with van der Waals surface area (Å²) in [6.45, 7) is 5.43. The number of halogens is 2. The third kappa shape index (κ3) is 7.74. The van der Waals surface area contributed by atoms with E-state index in [9.17, 15) is 9.90 Å². The van der Waals surface area contributed by atoms with Crippen LogP contribution in [-0.2, 0) is 17.9 Å². The molecule has 0 unspecified atom stereocenters. The molecule has 4 heterocycles. The molecule has 5 N–H and O–H groups in total. The van der Waals surface area contributed by atoms with Gasteiger partial charge in [0.25, 0.3) is 0 Å². The molecule has 0 spiro atoms. The number of nitrogens with one attached hydrogen (secondary N) is 4. The molecule has 0 aliphatic carbocycles. The molecular formula is C33H37ClFN7O3. The summed E-state index contributed by atoms with van der Waals surface area (Å²) in [5.41, 5.74) is 5.59. The zero-order valence-corrected chi connectivity index (χ0v) is 26.2. The molecule has 0 saturated carbocycles. The maximum absolute atomic E-state index is 15.3. The Balaban J connectivity index is 1.36. The molecule has 1 fully saturated rings. The fourth-order valence-electron chi connectivity index (χ4n) is 5.29. The SMILES string of the molecule is COc1nc(-c2ccnc(-c3cccc(Nc4nccc(CNC[C@@H](C)O)c4F)c3Cl)c2C)ccc1CNC[C@@H]1CCC(=O)N1. The lowest BCUT2D eigenvalue weighted by molar-refractivity contribution is -0.119. The number of methoxy groups -OCH3 is 1. The molecule has 0 radical (unpaired) electrons. The number of carbonyl (C=O) groups is 1. The van der Waals surface area contributed by atoms with E-state index in [2.05, 4.69) is 31.2 Å². The fourth-order valence-corrected chi connectivity index (χ4v) is 5.55. The summed E-state index contributed by atoms with van der Waals surface area (Å²) in [4.78, 5) is 25.1. The van der Waals surface area contributed by atoms with Crippen molar-refractivity contribution in [2.24, 2.45) is 0 Å². The van der Waals surface area contributed by atoms with Gasteiger partial charge in [0.1, 0.15) is 0 Å². The van der Waals surface area contributed by atoms with E-state index in [0.29, 0.717) is 59.5 Å². The van der Waals surface area contributed by atoms with Gasteiger partial charge in [0.2, 0.25) is 11.8 Å². The minimum Gasteiger partial charge on any atom is -0.481 e. The third-order valence-electron chi connectivity index (χ3n) is 7.63. The number of nitrogens with zero attached hydrogens (tertiary/aromatic N) is 3. The zero-order chi connectivity index (χ0) is 31.9. The van der Waals surface area contributed by atoms with Crippen LogP contribution in [-0.4, -0.2) is 58.3 Å². The van der Waals surface area contributed by atoms with E-state index in [1.165, 1.54) is 6.20 Å². The van der Waals surface area contributed by atoms with Crippen molar-refractivity contribution in [1.82, 2.24) is 30.9 Å². The smallest absolute Gasteiger partial charge is 0.220 e. The van der Waals surface area contributed by atoms with Gasteiger partial charge in [0.05, 0.1) is 35.3 Å². The Morgan fingerprint density at radius 3 is 2.64 bits per heavy atom. The summed E-state index contributed by atoms with van der Waals surface area (Å²) < 4.78 is 20.9. The predicted molar refractivity (Wildman–Crippen MR) is 173 cm³/mol. The van der Waals surface area contributed by atoms with Crippen LogP contribution in [0.25, 0.3) is 22.5 Å². The Labute approximate surface area is 266 Å². The highest BCUT2D eigenvalue weighted by atomic mass is 35.5. The standard InChI is InChI=1S/C33H37ClFN7O3/c1-19(43)15-36-16-21-11-13-39-32(30(21)35)41-27-6-4-5-25(29(27)34)31-20(2)24(12-14-38-31)26-9-7-22(33(42-26)45-3)17-37-18-23-8-10-28(44)40-23/h4-7,9,11-14,19,23,36-37,43H,8,10,15-18H2,1-3H3,(H,39,41)(H,40,44)/t19-,23+/m1/s1. The van der Waals surface area contributed by atoms with Crippen LogP contribution in [0.1, 0.15) is 36.5 Å². The quantitative estimate of drug-likeness (QED) is 0.139. The van der Waals surface area contributed by atoms with Crippen LogP contribution in [0.15, 0.2) is 54.9 Å². The van der Waals surface area contributed by atoms with E-state index >= 15 is 4.39 Å². The van der Waals surface area contributed by atoms with E-state index in [0.717, 1.165) is 28.8 Å². The Morgan fingerprint density at radius 1 is 1.09 bits per heavy atom. The molecule has 1 aromatic carbocycles. The second-order valence-electron chi connectivity index (χ2n) is 11.0. The van der Waals surface area contributed by atoms with Crippen LogP contribution < -0.4 is 26.0 Å². The first-order chi connectivity index (χ1) is 21.7. The third-order valence-corrected chi connectivity index (χ3v) is 8.04. The number of rotatable bonds is 13. The highest BCUT2D eigenvalue weighted by molar-refractivity contribution is 6.36. The first kappa shape index (κ1) is 32.2. The fraction of sp³-hybridized carbons (Fsp3) is 0.333. The van der Waals surface area contributed by atoms with Crippen molar-refractivity contribution in [2.75, 3.05) is 25.5 Å². The van der Waals surface area contributed by atoms with E-state index in [1.54, 1.807) is 32.4 Å². The number of carbonyl (C=O) groups excluding carboxylic acids is 1. The van der Waals surface area contributed by atoms with Crippen LogP contribution in [0.4, 0.5) is 15.9 Å². The van der Waals surface area contributed by atoms with Gasteiger partial charge in [0.15, 0.2) is 11.6 Å². The number of hydrogen-bond acceptors (Lipinski definition) is 9. The van der Waals surface area contributed by atoms with Gasteiger partial charge in [-0.15, -0.1) is 0 Å². The summed E-state index contributed by atoms with van der Waals surface area (Å²) in [5, 5.41) is 22.3. The molecule has 45 heavy (non-hydrogen) atoms. The second-order valence-corrected chi connectivity index (χ2v) is 11.4. The number of pyridine rings is 3. The number of anilines is 2. The highest BCUT2D eigenvalue weighted by Gasteiger charge is 2.21. The first-order valence-corrected chi connectivity index (χ1v) is 15.2. The van der Waals surface area contributed by atoms with Crippen molar-refractivity contribution in [2.45, 2.75) is 51.9 Å². The second kappa shape index (κ2) is 14.7. The van der Waals surface area contributed by atoms with Crippen molar-refractivity contribution < 1.29 is 19.0 Å².